The molecular formula is C17H15ClN2S. The minimum atomic E-state index is 0.751. The zero-order valence-corrected chi connectivity index (χ0v) is 13.4. The van der Waals surface area contributed by atoms with Gasteiger partial charge < -0.3 is 4.57 Å². The van der Waals surface area contributed by atoms with Crippen LogP contribution in [0.5, 0.6) is 0 Å². The highest BCUT2D eigenvalue weighted by Gasteiger charge is 2.04. The van der Waals surface area contributed by atoms with E-state index in [4.69, 9.17) is 16.6 Å². The molecule has 0 aliphatic carbocycles. The number of hydrogen-bond acceptors (Lipinski definition) is 2. The van der Waals surface area contributed by atoms with E-state index >= 15 is 0 Å². The molecule has 0 bridgehead atoms. The summed E-state index contributed by atoms with van der Waals surface area (Å²) in [7, 11) is 2.04. The molecule has 21 heavy (non-hydrogen) atoms. The minimum absolute atomic E-state index is 0.751. The van der Waals surface area contributed by atoms with Crippen molar-refractivity contribution in [3.8, 4) is 11.3 Å². The molecule has 0 fully saturated rings. The Hall–Kier alpha value is -1.84. The molecule has 1 aromatic heterocycles. The van der Waals surface area contributed by atoms with Gasteiger partial charge in [-0.3, -0.25) is 0 Å². The highest BCUT2D eigenvalue weighted by atomic mass is 35.5. The van der Waals surface area contributed by atoms with E-state index in [1.165, 1.54) is 5.56 Å². The molecule has 0 unspecified atom stereocenters. The summed E-state index contributed by atoms with van der Waals surface area (Å²) in [5.74, 6) is 0. The Kier molecular flexibility index (Phi) is 3.95. The Morgan fingerprint density at radius 2 is 1.86 bits per heavy atom. The van der Waals surface area contributed by atoms with Gasteiger partial charge in [-0.1, -0.05) is 35.9 Å². The normalized spacial score (nSPS) is 11.9. The van der Waals surface area contributed by atoms with Gasteiger partial charge in [0.2, 0.25) is 0 Å². The molecule has 0 saturated heterocycles. The van der Waals surface area contributed by atoms with E-state index in [1.54, 1.807) is 11.3 Å². The fraction of sp³-hybridized carbons (Fsp3) is 0.118. The van der Waals surface area contributed by atoms with Crippen molar-refractivity contribution < 1.29 is 0 Å². The van der Waals surface area contributed by atoms with Gasteiger partial charge in [-0.15, -0.1) is 11.3 Å². The second kappa shape index (κ2) is 5.88. The number of benzene rings is 2. The van der Waals surface area contributed by atoms with E-state index in [9.17, 15) is 0 Å². The lowest BCUT2D eigenvalue weighted by Gasteiger charge is -2.03. The first-order valence-electron chi connectivity index (χ1n) is 6.65. The van der Waals surface area contributed by atoms with Gasteiger partial charge in [-0.2, -0.15) is 0 Å². The molecule has 2 aromatic carbocycles. The maximum absolute atomic E-state index is 5.94. The summed E-state index contributed by atoms with van der Waals surface area (Å²) in [4.78, 5) is 5.70. The third-order valence-corrected chi connectivity index (χ3v) is 4.46. The van der Waals surface area contributed by atoms with Crippen LogP contribution in [0, 0.1) is 6.92 Å². The van der Waals surface area contributed by atoms with Crippen molar-refractivity contribution in [2.45, 2.75) is 6.92 Å². The number of hydrogen-bond donors (Lipinski definition) is 0. The SMILES string of the molecule is Cc1cccc(N=c2scc(-c3ccc(Cl)cc3)n2C)c1. The summed E-state index contributed by atoms with van der Waals surface area (Å²) in [5, 5.41) is 2.87. The van der Waals surface area contributed by atoms with Crippen LogP contribution in [0.4, 0.5) is 5.69 Å². The van der Waals surface area contributed by atoms with Crippen molar-refractivity contribution in [2.24, 2.45) is 12.0 Å². The van der Waals surface area contributed by atoms with Crippen molar-refractivity contribution in [3.63, 3.8) is 0 Å². The molecule has 4 heteroatoms. The number of aromatic nitrogens is 1. The van der Waals surface area contributed by atoms with E-state index < -0.39 is 0 Å². The molecule has 0 aliphatic rings. The van der Waals surface area contributed by atoms with Crippen molar-refractivity contribution in [1.82, 2.24) is 4.57 Å². The summed E-state index contributed by atoms with van der Waals surface area (Å²) in [5.41, 5.74) is 4.48. The van der Waals surface area contributed by atoms with Crippen LogP contribution in [0.2, 0.25) is 5.02 Å². The van der Waals surface area contributed by atoms with Gasteiger partial charge in [0.05, 0.1) is 11.4 Å². The third-order valence-electron chi connectivity index (χ3n) is 3.29. The standard InChI is InChI=1S/C17H15ClN2S/c1-12-4-3-5-15(10-12)19-17-20(2)16(11-21-17)13-6-8-14(18)9-7-13/h3-11H,1-2H3. The molecule has 106 valence electrons. The molecular weight excluding hydrogens is 300 g/mol. The van der Waals surface area contributed by atoms with Gasteiger partial charge in [0.1, 0.15) is 0 Å². The molecule has 0 aliphatic heterocycles. The van der Waals surface area contributed by atoms with Gasteiger partial charge in [0.15, 0.2) is 4.80 Å². The fourth-order valence-electron chi connectivity index (χ4n) is 2.16. The summed E-state index contributed by atoms with van der Waals surface area (Å²) in [6.45, 7) is 2.08. The van der Waals surface area contributed by atoms with Crippen LogP contribution in [0.25, 0.3) is 11.3 Å². The van der Waals surface area contributed by atoms with Crippen molar-refractivity contribution in [2.75, 3.05) is 0 Å². The minimum Gasteiger partial charge on any atom is -0.320 e. The van der Waals surface area contributed by atoms with Gasteiger partial charge in [0, 0.05) is 17.5 Å². The molecule has 0 saturated carbocycles. The lowest BCUT2D eigenvalue weighted by atomic mass is 10.2. The number of halogens is 1. The lowest BCUT2D eigenvalue weighted by molar-refractivity contribution is 0.883. The molecule has 3 aromatic rings. The van der Waals surface area contributed by atoms with Gasteiger partial charge in [-0.05, 0) is 42.3 Å². The number of thiazole rings is 1. The molecule has 0 N–H and O–H groups in total. The maximum atomic E-state index is 5.94. The zero-order chi connectivity index (χ0) is 14.8. The van der Waals surface area contributed by atoms with Crippen molar-refractivity contribution >= 4 is 28.6 Å². The monoisotopic (exact) mass is 314 g/mol. The van der Waals surface area contributed by atoms with E-state index in [2.05, 4.69) is 29.0 Å². The van der Waals surface area contributed by atoms with Gasteiger partial charge >= 0.3 is 0 Å². The quantitative estimate of drug-likeness (QED) is 0.637. The predicted octanol–water partition coefficient (Wildman–Crippen LogP) is 4.95. The number of rotatable bonds is 2. The van der Waals surface area contributed by atoms with Crippen LogP contribution in [-0.2, 0) is 7.05 Å². The average molecular weight is 315 g/mol. The summed E-state index contributed by atoms with van der Waals surface area (Å²) in [6.07, 6.45) is 0. The Balaban J connectivity index is 2.05. The predicted molar refractivity (Wildman–Crippen MR) is 90.1 cm³/mol. The molecule has 0 amide bonds. The molecule has 1 heterocycles. The first kappa shape index (κ1) is 14.1. The van der Waals surface area contributed by atoms with E-state index in [1.807, 2.05) is 43.4 Å². The topological polar surface area (TPSA) is 17.3 Å². The Morgan fingerprint density at radius 1 is 1.10 bits per heavy atom. The molecule has 2 nitrogen and oxygen atoms in total. The van der Waals surface area contributed by atoms with Crippen LogP contribution in [0.1, 0.15) is 5.56 Å². The summed E-state index contributed by atoms with van der Waals surface area (Å²) in [6, 6.07) is 16.1. The van der Waals surface area contributed by atoms with Gasteiger partial charge in [0.25, 0.3) is 0 Å². The summed E-state index contributed by atoms with van der Waals surface area (Å²) >= 11 is 7.58. The van der Waals surface area contributed by atoms with Crippen molar-refractivity contribution in [3.05, 3.63) is 69.3 Å². The number of aryl methyl sites for hydroxylation is 1. The molecule has 3 rings (SSSR count). The van der Waals surface area contributed by atoms with Crippen LogP contribution < -0.4 is 4.80 Å². The van der Waals surface area contributed by atoms with Crippen LogP contribution in [0.15, 0.2) is 58.9 Å². The largest absolute Gasteiger partial charge is 0.320 e. The fourth-order valence-corrected chi connectivity index (χ4v) is 3.21. The van der Waals surface area contributed by atoms with Crippen LogP contribution >= 0.6 is 22.9 Å². The van der Waals surface area contributed by atoms with E-state index in [0.717, 1.165) is 26.8 Å². The van der Waals surface area contributed by atoms with Crippen molar-refractivity contribution in [1.29, 1.82) is 0 Å². The van der Waals surface area contributed by atoms with Gasteiger partial charge in [-0.25, -0.2) is 4.99 Å². The highest BCUT2D eigenvalue weighted by molar-refractivity contribution is 7.07. The number of nitrogens with zero attached hydrogens (tertiary/aromatic N) is 2. The third kappa shape index (κ3) is 3.09. The second-order valence-electron chi connectivity index (χ2n) is 4.92. The smallest absolute Gasteiger partial charge is 0.190 e. The molecule has 0 spiro atoms. The molecule has 0 radical (unpaired) electrons. The Bertz CT molecular complexity index is 828. The van der Waals surface area contributed by atoms with E-state index in [-0.39, 0.29) is 0 Å². The Labute approximate surface area is 133 Å². The average Bonchev–Trinajstić information content (AvgIpc) is 2.81. The molecule has 0 atom stereocenters. The highest BCUT2D eigenvalue weighted by Crippen LogP contribution is 2.22. The first-order valence-corrected chi connectivity index (χ1v) is 7.91. The summed E-state index contributed by atoms with van der Waals surface area (Å²) < 4.78 is 2.11. The lowest BCUT2D eigenvalue weighted by Crippen LogP contribution is -2.10. The Morgan fingerprint density at radius 3 is 2.57 bits per heavy atom. The maximum Gasteiger partial charge on any atom is 0.190 e. The van der Waals surface area contributed by atoms with Crippen LogP contribution in [0.3, 0.4) is 0 Å². The first-order chi connectivity index (χ1) is 10.1. The van der Waals surface area contributed by atoms with E-state index in [0.29, 0.717) is 0 Å². The zero-order valence-electron chi connectivity index (χ0n) is 11.9. The second-order valence-corrected chi connectivity index (χ2v) is 6.19. The van der Waals surface area contributed by atoms with Crippen LogP contribution in [-0.4, -0.2) is 4.57 Å².